The Kier molecular flexibility index (Phi) is 6.10. The van der Waals surface area contributed by atoms with Crippen molar-refractivity contribution in [3.8, 4) is 0 Å². The van der Waals surface area contributed by atoms with Crippen LogP contribution in [0.5, 0.6) is 0 Å². The van der Waals surface area contributed by atoms with Gasteiger partial charge in [0.25, 0.3) is 15.9 Å². The standard InChI is InChI=1S/C26H22N4O3S2/c1-2-30-23-11-6-4-8-19(23)21-16-18(13-14-24(21)30)17-27-28-26(31)20-9-3-5-10-22(20)29-35(32,33)25-12-7-15-34-25/h3-17,29H,2H2,1H3,(H,28,31)/b27-17+. The third-order valence-electron chi connectivity index (χ3n) is 5.67. The summed E-state index contributed by atoms with van der Waals surface area (Å²) in [6.07, 6.45) is 1.58. The molecule has 35 heavy (non-hydrogen) atoms. The largest absolute Gasteiger partial charge is 0.341 e. The number of aryl methyl sites for hydroxylation is 1. The first-order valence-electron chi connectivity index (χ1n) is 11.0. The van der Waals surface area contributed by atoms with Gasteiger partial charge in [-0.3, -0.25) is 9.52 Å². The summed E-state index contributed by atoms with van der Waals surface area (Å²) in [5, 5.41) is 8.07. The molecule has 0 saturated heterocycles. The minimum absolute atomic E-state index is 0.172. The number of anilines is 1. The Hall–Kier alpha value is -3.95. The highest BCUT2D eigenvalue weighted by molar-refractivity contribution is 7.94. The predicted octanol–water partition coefficient (Wildman–Crippen LogP) is 5.44. The number of hydrogen-bond acceptors (Lipinski definition) is 5. The molecule has 2 N–H and O–H groups in total. The van der Waals surface area contributed by atoms with Crippen molar-refractivity contribution in [1.82, 2.24) is 9.99 Å². The van der Waals surface area contributed by atoms with E-state index in [9.17, 15) is 13.2 Å². The Morgan fingerprint density at radius 1 is 0.971 bits per heavy atom. The fraction of sp³-hybridized carbons (Fsp3) is 0.0769. The smallest absolute Gasteiger partial charge is 0.273 e. The van der Waals surface area contributed by atoms with Gasteiger partial charge in [-0.2, -0.15) is 5.10 Å². The monoisotopic (exact) mass is 502 g/mol. The topological polar surface area (TPSA) is 92.6 Å². The molecule has 2 aromatic heterocycles. The van der Waals surface area contributed by atoms with E-state index in [0.717, 1.165) is 39.7 Å². The van der Waals surface area contributed by atoms with Crippen LogP contribution in [-0.4, -0.2) is 25.1 Å². The molecule has 0 radical (unpaired) electrons. The van der Waals surface area contributed by atoms with Crippen LogP contribution in [0.2, 0.25) is 0 Å². The van der Waals surface area contributed by atoms with Crippen LogP contribution in [0.15, 0.2) is 93.6 Å². The molecule has 0 spiro atoms. The molecule has 0 aliphatic rings. The molecule has 9 heteroatoms. The molecule has 0 atom stereocenters. The van der Waals surface area contributed by atoms with Crippen LogP contribution in [-0.2, 0) is 16.6 Å². The zero-order valence-corrected chi connectivity index (χ0v) is 20.4. The second kappa shape index (κ2) is 9.36. The fourth-order valence-corrected chi connectivity index (χ4v) is 6.17. The lowest BCUT2D eigenvalue weighted by Crippen LogP contribution is -2.21. The van der Waals surface area contributed by atoms with Crippen LogP contribution in [0, 0.1) is 0 Å². The summed E-state index contributed by atoms with van der Waals surface area (Å²) in [4.78, 5) is 12.8. The molecule has 176 valence electrons. The second-order valence-corrected chi connectivity index (χ2v) is 10.7. The molecular formula is C26H22N4O3S2. The van der Waals surface area contributed by atoms with Crippen LogP contribution in [0.25, 0.3) is 21.8 Å². The van der Waals surface area contributed by atoms with Gasteiger partial charge in [-0.25, -0.2) is 13.8 Å². The average Bonchev–Trinajstić information content (AvgIpc) is 3.51. The zero-order valence-electron chi connectivity index (χ0n) is 18.8. The number of thiophene rings is 1. The Morgan fingerprint density at radius 3 is 2.54 bits per heavy atom. The highest BCUT2D eigenvalue weighted by atomic mass is 32.2. The van der Waals surface area contributed by atoms with Crippen molar-refractivity contribution < 1.29 is 13.2 Å². The Bertz CT molecular complexity index is 1670. The number of aromatic nitrogens is 1. The van der Waals surface area contributed by atoms with Gasteiger partial charge >= 0.3 is 0 Å². The van der Waals surface area contributed by atoms with E-state index >= 15 is 0 Å². The number of nitrogens with zero attached hydrogens (tertiary/aromatic N) is 2. The van der Waals surface area contributed by atoms with Gasteiger partial charge in [0.1, 0.15) is 4.21 Å². The first-order chi connectivity index (χ1) is 17.0. The number of fused-ring (bicyclic) bond motifs is 3. The maximum Gasteiger partial charge on any atom is 0.273 e. The summed E-state index contributed by atoms with van der Waals surface area (Å²) in [5.41, 5.74) is 6.01. The summed E-state index contributed by atoms with van der Waals surface area (Å²) in [7, 11) is -3.78. The Labute approximate surface area is 206 Å². The summed E-state index contributed by atoms with van der Waals surface area (Å²) >= 11 is 1.10. The number of rotatable bonds is 7. The highest BCUT2D eigenvalue weighted by Crippen LogP contribution is 2.29. The van der Waals surface area contributed by atoms with E-state index in [2.05, 4.69) is 44.9 Å². The molecule has 2 heterocycles. The summed E-state index contributed by atoms with van der Waals surface area (Å²) < 4.78 is 30.1. The molecule has 0 aliphatic carbocycles. The van der Waals surface area contributed by atoms with Gasteiger partial charge in [-0.05, 0) is 54.3 Å². The van der Waals surface area contributed by atoms with Crippen molar-refractivity contribution >= 4 is 61.0 Å². The first kappa shape index (κ1) is 22.8. The van der Waals surface area contributed by atoms with E-state index in [1.807, 2.05) is 24.3 Å². The van der Waals surface area contributed by atoms with Crippen LogP contribution in [0.3, 0.4) is 0 Å². The minimum atomic E-state index is -3.78. The number of para-hydroxylation sites is 2. The van der Waals surface area contributed by atoms with Crippen molar-refractivity contribution in [1.29, 1.82) is 0 Å². The predicted molar refractivity (Wildman–Crippen MR) is 142 cm³/mol. The fourth-order valence-electron chi connectivity index (χ4n) is 4.10. The van der Waals surface area contributed by atoms with Crippen molar-refractivity contribution in [3.05, 3.63) is 95.4 Å². The third-order valence-corrected chi connectivity index (χ3v) is 8.43. The second-order valence-electron chi connectivity index (χ2n) is 7.82. The van der Waals surface area contributed by atoms with Crippen molar-refractivity contribution in [2.45, 2.75) is 17.7 Å². The number of benzene rings is 3. The van der Waals surface area contributed by atoms with Gasteiger partial charge in [-0.15, -0.1) is 11.3 Å². The van der Waals surface area contributed by atoms with Crippen LogP contribution in [0.4, 0.5) is 5.69 Å². The average molecular weight is 503 g/mol. The molecular weight excluding hydrogens is 480 g/mol. The lowest BCUT2D eigenvalue weighted by Gasteiger charge is -2.10. The minimum Gasteiger partial charge on any atom is -0.341 e. The quantitative estimate of drug-likeness (QED) is 0.229. The van der Waals surface area contributed by atoms with E-state index in [1.54, 1.807) is 41.9 Å². The number of amides is 1. The Morgan fingerprint density at radius 2 is 1.74 bits per heavy atom. The molecule has 0 saturated carbocycles. The molecule has 0 unspecified atom stereocenters. The van der Waals surface area contributed by atoms with Crippen molar-refractivity contribution in [2.75, 3.05) is 4.72 Å². The zero-order chi connectivity index (χ0) is 24.4. The molecule has 0 bridgehead atoms. The number of nitrogens with one attached hydrogen (secondary N) is 2. The van der Waals surface area contributed by atoms with Gasteiger partial charge in [0, 0.05) is 28.4 Å². The lowest BCUT2D eigenvalue weighted by atomic mass is 10.1. The number of hydrazone groups is 1. The number of carbonyl (C=O) groups excluding carboxylic acids is 1. The SMILES string of the molecule is CCn1c2ccccc2c2cc(/C=N/NC(=O)c3ccccc3NS(=O)(=O)c3cccs3)ccc21. The first-order valence-corrected chi connectivity index (χ1v) is 13.3. The van der Waals surface area contributed by atoms with Crippen LogP contribution in [0.1, 0.15) is 22.8 Å². The maximum absolute atomic E-state index is 12.8. The van der Waals surface area contributed by atoms with Gasteiger partial charge in [0.15, 0.2) is 0 Å². The summed E-state index contributed by atoms with van der Waals surface area (Å²) in [5.74, 6) is -0.519. The number of hydrogen-bond donors (Lipinski definition) is 2. The lowest BCUT2D eigenvalue weighted by molar-refractivity contribution is 0.0956. The van der Waals surface area contributed by atoms with Gasteiger partial charge in [0.2, 0.25) is 0 Å². The Balaban J connectivity index is 1.37. The molecule has 0 fully saturated rings. The van der Waals surface area contributed by atoms with Gasteiger partial charge < -0.3 is 4.57 Å². The van der Waals surface area contributed by atoms with Gasteiger partial charge in [0.05, 0.1) is 17.5 Å². The molecule has 1 amide bonds. The molecule has 0 aliphatic heterocycles. The number of sulfonamides is 1. The van der Waals surface area contributed by atoms with E-state index in [-0.39, 0.29) is 15.5 Å². The molecule has 5 aromatic rings. The summed E-state index contributed by atoms with van der Waals surface area (Å²) in [6.45, 7) is 2.98. The van der Waals surface area contributed by atoms with Crippen LogP contribution < -0.4 is 10.1 Å². The maximum atomic E-state index is 12.8. The normalized spacial score (nSPS) is 11.9. The summed E-state index contributed by atoms with van der Waals surface area (Å²) in [6, 6.07) is 23.9. The number of carbonyl (C=O) groups is 1. The van der Waals surface area contributed by atoms with E-state index in [1.165, 1.54) is 11.6 Å². The molecule has 5 rings (SSSR count). The van der Waals surface area contributed by atoms with E-state index in [4.69, 9.17) is 0 Å². The third kappa shape index (κ3) is 4.43. The van der Waals surface area contributed by atoms with Crippen molar-refractivity contribution in [3.63, 3.8) is 0 Å². The van der Waals surface area contributed by atoms with Crippen LogP contribution >= 0.6 is 11.3 Å². The molecule has 3 aromatic carbocycles. The molecule has 7 nitrogen and oxygen atoms in total. The van der Waals surface area contributed by atoms with E-state index < -0.39 is 15.9 Å². The van der Waals surface area contributed by atoms with Gasteiger partial charge in [-0.1, -0.05) is 42.5 Å². The van der Waals surface area contributed by atoms with Crippen molar-refractivity contribution in [2.24, 2.45) is 5.10 Å². The van der Waals surface area contributed by atoms with E-state index in [0.29, 0.717) is 0 Å². The highest BCUT2D eigenvalue weighted by Gasteiger charge is 2.19.